The van der Waals surface area contributed by atoms with Gasteiger partial charge in [0.25, 0.3) is 5.91 Å². The van der Waals surface area contributed by atoms with Gasteiger partial charge in [-0.2, -0.15) is 0 Å². The molecule has 1 N–H and O–H groups in total. The lowest BCUT2D eigenvalue weighted by molar-refractivity contribution is 0.102. The molecule has 0 saturated carbocycles. The minimum absolute atomic E-state index is 0.144. The van der Waals surface area contributed by atoms with Gasteiger partial charge in [0.1, 0.15) is 12.4 Å². The van der Waals surface area contributed by atoms with E-state index < -0.39 is 0 Å². The number of anilines is 1. The fourth-order valence-corrected chi connectivity index (χ4v) is 2.15. The summed E-state index contributed by atoms with van der Waals surface area (Å²) in [5, 5.41) is 2.89. The third-order valence-electron chi connectivity index (χ3n) is 3.42. The smallest absolute Gasteiger partial charge is 0.255 e. The lowest BCUT2D eigenvalue weighted by Gasteiger charge is -2.11. The predicted molar refractivity (Wildman–Crippen MR) is 95.6 cm³/mol. The van der Waals surface area contributed by atoms with Crippen molar-refractivity contribution in [2.24, 2.45) is 0 Å². The average molecular weight is 328 g/mol. The first-order chi connectivity index (χ1) is 11.6. The normalized spacial score (nSPS) is 10.7. The van der Waals surface area contributed by atoms with Crippen LogP contribution >= 0.6 is 0 Å². The number of carbonyl (C=O) groups excluding carboxylic acids is 1. The number of benzene rings is 2. The Morgan fingerprint density at radius 3 is 2.54 bits per heavy atom. The van der Waals surface area contributed by atoms with E-state index in [9.17, 15) is 4.79 Å². The number of rotatable bonds is 8. The number of hydrogen-bond acceptors (Lipinski definition) is 4. The number of carbonyl (C=O) groups is 1. The molecule has 128 valence electrons. The van der Waals surface area contributed by atoms with Crippen molar-refractivity contribution < 1.29 is 14.3 Å². The summed E-state index contributed by atoms with van der Waals surface area (Å²) < 4.78 is 10.7. The van der Waals surface area contributed by atoms with Crippen LogP contribution in [0.15, 0.2) is 48.5 Å². The summed E-state index contributed by atoms with van der Waals surface area (Å²) in [5.41, 5.74) is 2.31. The number of hydrogen-bond donors (Lipinski definition) is 1. The van der Waals surface area contributed by atoms with E-state index in [0.717, 1.165) is 23.5 Å². The van der Waals surface area contributed by atoms with E-state index in [2.05, 4.69) is 10.2 Å². The van der Waals surface area contributed by atoms with Crippen LogP contribution in [0.3, 0.4) is 0 Å². The van der Waals surface area contributed by atoms with Gasteiger partial charge in [0.2, 0.25) is 0 Å². The predicted octanol–water partition coefficient (Wildman–Crippen LogP) is 3.03. The summed E-state index contributed by atoms with van der Waals surface area (Å²) in [4.78, 5) is 14.4. The molecule has 0 aliphatic heterocycles. The maximum Gasteiger partial charge on any atom is 0.255 e. The van der Waals surface area contributed by atoms with Crippen LogP contribution < -0.4 is 10.1 Å². The second-order valence-electron chi connectivity index (χ2n) is 5.76. The van der Waals surface area contributed by atoms with Gasteiger partial charge in [0, 0.05) is 24.9 Å². The van der Waals surface area contributed by atoms with Crippen LogP contribution in [-0.4, -0.2) is 45.2 Å². The largest absolute Gasteiger partial charge is 0.492 e. The first kappa shape index (κ1) is 18.0. The van der Waals surface area contributed by atoms with E-state index >= 15 is 0 Å². The summed E-state index contributed by atoms with van der Waals surface area (Å²) in [6.07, 6.45) is 0. The molecule has 0 saturated heterocycles. The fourth-order valence-electron chi connectivity index (χ4n) is 2.15. The Balaban J connectivity index is 1.93. The highest BCUT2D eigenvalue weighted by atomic mass is 16.5. The van der Waals surface area contributed by atoms with Crippen molar-refractivity contribution in [1.82, 2.24) is 4.90 Å². The zero-order chi connectivity index (χ0) is 17.4. The second-order valence-corrected chi connectivity index (χ2v) is 5.76. The van der Waals surface area contributed by atoms with Crippen molar-refractivity contribution in [2.45, 2.75) is 6.61 Å². The van der Waals surface area contributed by atoms with E-state index in [1.807, 2.05) is 56.6 Å². The third kappa shape index (κ3) is 5.68. The van der Waals surface area contributed by atoms with E-state index in [-0.39, 0.29) is 5.91 Å². The Kier molecular flexibility index (Phi) is 6.78. The molecular weight excluding hydrogens is 304 g/mol. The Morgan fingerprint density at radius 1 is 1.12 bits per heavy atom. The summed E-state index contributed by atoms with van der Waals surface area (Å²) in [6.45, 7) is 1.97. The Hall–Kier alpha value is -2.37. The molecule has 5 nitrogen and oxygen atoms in total. The van der Waals surface area contributed by atoms with Gasteiger partial charge in [-0.3, -0.25) is 4.79 Å². The molecule has 0 aliphatic rings. The van der Waals surface area contributed by atoms with Crippen LogP contribution in [0.25, 0.3) is 0 Å². The van der Waals surface area contributed by atoms with E-state index in [1.165, 1.54) is 0 Å². The van der Waals surface area contributed by atoms with Crippen LogP contribution in [0.2, 0.25) is 0 Å². The molecule has 1 amide bonds. The van der Waals surface area contributed by atoms with E-state index in [1.54, 1.807) is 13.2 Å². The summed E-state index contributed by atoms with van der Waals surface area (Å²) in [5.74, 6) is 0.645. The van der Waals surface area contributed by atoms with Gasteiger partial charge in [0.15, 0.2) is 0 Å². The van der Waals surface area contributed by atoms with Crippen molar-refractivity contribution in [3.05, 3.63) is 59.7 Å². The maximum atomic E-state index is 12.3. The number of methoxy groups -OCH3 is 1. The van der Waals surface area contributed by atoms with Crippen molar-refractivity contribution >= 4 is 11.6 Å². The van der Waals surface area contributed by atoms with E-state index in [4.69, 9.17) is 9.47 Å². The molecule has 0 heterocycles. The van der Waals surface area contributed by atoms with Crippen LogP contribution in [0.5, 0.6) is 5.75 Å². The number of ether oxygens (including phenoxy) is 2. The van der Waals surface area contributed by atoms with Crippen LogP contribution in [0.4, 0.5) is 5.69 Å². The minimum Gasteiger partial charge on any atom is -0.492 e. The molecule has 2 rings (SSSR count). The van der Waals surface area contributed by atoms with Crippen molar-refractivity contribution in [2.75, 3.05) is 39.7 Å². The molecule has 0 spiro atoms. The second kappa shape index (κ2) is 9.05. The molecule has 0 aliphatic carbocycles. The van der Waals surface area contributed by atoms with Gasteiger partial charge in [-0.1, -0.05) is 12.1 Å². The SMILES string of the molecule is COCc1cccc(C(=O)Nc2ccc(OCCN(C)C)cc2)c1. The highest BCUT2D eigenvalue weighted by molar-refractivity contribution is 6.04. The highest BCUT2D eigenvalue weighted by Gasteiger charge is 2.07. The molecule has 2 aromatic carbocycles. The van der Waals surface area contributed by atoms with Crippen molar-refractivity contribution in [3.63, 3.8) is 0 Å². The Morgan fingerprint density at radius 2 is 1.88 bits per heavy atom. The molecular formula is C19H24N2O3. The van der Waals surface area contributed by atoms with E-state index in [0.29, 0.717) is 18.8 Å². The lowest BCUT2D eigenvalue weighted by atomic mass is 10.1. The maximum absolute atomic E-state index is 12.3. The number of likely N-dealkylation sites (N-methyl/N-ethyl adjacent to an activating group) is 1. The molecule has 0 atom stereocenters. The van der Waals surface area contributed by atoms with Gasteiger partial charge in [-0.25, -0.2) is 0 Å². The number of nitrogens with one attached hydrogen (secondary N) is 1. The molecule has 5 heteroatoms. The first-order valence-corrected chi connectivity index (χ1v) is 7.85. The highest BCUT2D eigenvalue weighted by Crippen LogP contribution is 2.17. The molecule has 0 aromatic heterocycles. The van der Waals surface area contributed by atoms with Gasteiger partial charge >= 0.3 is 0 Å². The number of nitrogens with zero attached hydrogens (tertiary/aromatic N) is 1. The van der Waals surface area contributed by atoms with Crippen LogP contribution in [-0.2, 0) is 11.3 Å². The number of amides is 1. The monoisotopic (exact) mass is 328 g/mol. The molecule has 0 unspecified atom stereocenters. The van der Waals surface area contributed by atoms with Gasteiger partial charge < -0.3 is 19.7 Å². The van der Waals surface area contributed by atoms with Crippen LogP contribution in [0.1, 0.15) is 15.9 Å². The standard InChI is InChI=1S/C19H24N2O3/c1-21(2)11-12-24-18-9-7-17(8-10-18)20-19(22)16-6-4-5-15(13-16)14-23-3/h4-10,13H,11-12,14H2,1-3H3,(H,20,22). The molecule has 0 bridgehead atoms. The topological polar surface area (TPSA) is 50.8 Å². The van der Waals surface area contributed by atoms with Crippen molar-refractivity contribution in [3.8, 4) is 5.75 Å². The minimum atomic E-state index is -0.144. The molecule has 0 fully saturated rings. The summed E-state index contributed by atoms with van der Waals surface area (Å²) in [7, 11) is 5.64. The van der Waals surface area contributed by atoms with Gasteiger partial charge in [0.05, 0.1) is 6.61 Å². The lowest BCUT2D eigenvalue weighted by Crippen LogP contribution is -2.19. The van der Waals surface area contributed by atoms with Crippen LogP contribution in [0, 0.1) is 0 Å². The zero-order valence-corrected chi connectivity index (χ0v) is 14.4. The fraction of sp³-hybridized carbons (Fsp3) is 0.316. The third-order valence-corrected chi connectivity index (χ3v) is 3.42. The Labute approximate surface area is 143 Å². The van der Waals surface area contributed by atoms with Crippen molar-refractivity contribution in [1.29, 1.82) is 0 Å². The summed E-state index contributed by atoms with van der Waals surface area (Å²) in [6, 6.07) is 14.8. The van der Waals surface area contributed by atoms with Gasteiger partial charge in [-0.05, 0) is 56.1 Å². The first-order valence-electron chi connectivity index (χ1n) is 7.85. The molecule has 0 radical (unpaired) electrons. The molecule has 2 aromatic rings. The zero-order valence-electron chi connectivity index (χ0n) is 14.4. The summed E-state index contributed by atoms with van der Waals surface area (Å²) >= 11 is 0. The average Bonchev–Trinajstić information content (AvgIpc) is 2.57. The Bertz CT molecular complexity index is 654. The van der Waals surface area contributed by atoms with Gasteiger partial charge in [-0.15, -0.1) is 0 Å². The quantitative estimate of drug-likeness (QED) is 0.809. The molecule has 24 heavy (non-hydrogen) atoms.